The topological polar surface area (TPSA) is 244 Å². The molecule has 1 aliphatic rings. The highest BCUT2D eigenvalue weighted by molar-refractivity contribution is 6.11. The van der Waals surface area contributed by atoms with Crippen molar-refractivity contribution in [3.05, 3.63) is 77.5 Å². The summed E-state index contributed by atoms with van der Waals surface area (Å²) in [7, 11) is 0. The van der Waals surface area contributed by atoms with Gasteiger partial charge < -0.3 is 55.8 Å². The van der Waals surface area contributed by atoms with E-state index in [2.05, 4.69) is 43.5 Å². The van der Waals surface area contributed by atoms with Crippen LogP contribution < -0.4 is 16.8 Å². The third-order valence-electron chi connectivity index (χ3n) is 9.28. The number of fused-ring (bicyclic) bond motifs is 3. The van der Waals surface area contributed by atoms with E-state index < -0.39 is 5.91 Å². The van der Waals surface area contributed by atoms with Crippen LogP contribution in [0, 0.1) is 5.41 Å². The SMILES string of the molecule is N=C/C(=C\N)C(=O)NCCOCCOCCOCCOCCOCCC(=O)N1CCc2cc(Cn3nc(-c4cnc5[nH]ccc5c4)c4c(N)ncnc43)ccc2C1. The van der Waals surface area contributed by atoms with Crippen LogP contribution in [0.4, 0.5) is 5.82 Å². The molecule has 0 spiro atoms. The van der Waals surface area contributed by atoms with Gasteiger partial charge in [-0.25, -0.2) is 19.6 Å². The molecule has 0 bridgehead atoms. The van der Waals surface area contributed by atoms with Gasteiger partial charge in [0.2, 0.25) is 5.91 Å². The van der Waals surface area contributed by atoms with Crippen molar-refractivity contribution in [2.75, 3.05) is 84.9 Å². The lowest BCUT2D eigenvalue weighted by molar-refractivity contribution is -0.133. The number of carbonyl (C=O) groups is 2. The van der Waals surface area contributed by atoms with Crippen LogP contribution in [0.25, 0.3) is 33.3 Å². The minimum atomic E-state index is -0.415. The zero-order chi connectivity index (χ0) is 39.8. The second-order valence-electron chi connectivity index (χ2n) is 13.1. The smallest absolute Gasteiger partial charge is 0.254 e. The van der Waals surface area contributed by atoms with Crippen molar-refractivity contribution >= 4 is 45.9 Å². The van der Waals surface area contributed by atoms with E-state index in [-0.39, 0.29) is 11.5 Å². The molecule has 0 aliphatic carbocycles. The molecule has 57 heavy (non-hydrogen) atoms. The fourth-order valence-electron chi connectivity index (χ4n) is 6.33. The second-order valence-corrected chi connectivity index (χ2v) is 13.1. The van der Waals surface area contributed by atoms with Crippen molar-refractivity contribution in [2.24, 2.45) is 5.73 Å². The average molecular weight is 784 g/mol. The predicted molar refractivity (Wildman–Crippen MR) is 212 cm³/mol. The third kappa shape index (κ3) is 11.2. The summed E-state index contributed by atoms with van der Waals surface area (Å²) in [6.07, 6.45) is 8.14. The largest absolute Gasteiger partial charge is 0.404 e. The van der Waals surface area contributed by atoms with Crippen LogP contribution in [-0.4, -0.2) is 132 Å². The number of aromatic nitrogens is 6. The van der Waals surface area contributed by atoms with Crippen molar-refractivity contribution in [1.82, 2.24) is 39.9 Å². The molecule has 0 fully saturated rings. The van der Waals surface area contributed by atoms with Gasteiger partial charge in [-0.05, 0) is 35.2 Å². The van der Waals surface area contributed by atoms with Crippen molar-refractivity contribution in [3.8, 4) is 11.3 Å². The van der Waals surface area contributed by atoms with Crippen LogP contribution in [-0.2, 0) is 52.8 Å². The number of rotatable bonds is 23. The molecule has 18 heteroatoms. The number of nitrogens with two attached hydrogens (primary N) is 2. The number of aromatic amines is 1. The maximum Gasteiger partial charge on any atom is 0.254 e. The number of pyridine rings is 1. The molecule has 0 atom stereocenters. The number of hydrogen-bond acceptors (Lipinski definition) is 14. The van der Waals surface area contributed by atoms with Gasteiger partial charge in [-0.2, -0.15) is 5.10 Å². The van der Waals surface area contributed by atoms with E-state index in [0.29, 0.717) is 121 Å². The summed E-state index contributed by atoms with van der Waals surface area (Å²) in [5.41, 5.74) is 18.1. The minimum Gasteiger partial charge on any atom is -0.404 e. The van der Waals surface area contributed by atoms with Gasteiger partial charge in [-0.3, -0.25) is 9.59 Å². The molecule has 302 valence electrons. The van der Waals surface area contributed by atoms with Crippen LogP contribution in [0.5, 0.6) is 0 Å². The fourth-order valence-corrected chi connectivity index (χ4v) is 6.33. The molecule has 0 saturated heterocycles. The quantitative estimate of drug-likeness (QED) is 0.0362. The summed E-state index contributed by atoms with van der Waals surface area (Å²) < 4.78 is 29.4. The number of anilines is 1. The van der Waals surface area contributed by atoms with Crippen LogP contribution >= 0.6 is 0 Å². The van der Waals surface area contributed by atoms with Crippen LogP contribution in [0.15, 0.2) is 60.8 Å². The lowest BCUT2D eigenvalue weighted by Gasteiger charge is -2.29. The summed E-state index contributed by atoms with van der Waals surface area (Å²) in [6, 6.07) is 10.4. The zero-order valence-electron chi connectivity index (χ0n) is 31.8. The molecule has 6 rings (SSSR count). The van der Waals surface area contributed by atoms with Crippen LogP contribution in [0.2, 0.25) is 0 Å². The Hall–Kier alpha value is -5.79. The van der Waals surface area contributed by atoms with Gasteiger partial charge in [0.1, 0.15) is 23.5 Å². The van der Waals surface area contributed by atoms with E-state index in [1.165, 1.54) is 11.9 Å². The fraction of sp³-hybridized carbons (Fsp3) is 0.410. The zero-order valence-corrected chi connectivity index (χ0v) is 31.8. The first-order valence-corrected chi connectivity index (χ1v) is 18.8. The minimum absolute atomic E-state index is 0.0655. The molecule has 0 saturated carbocycles. The van der Waals surface area contributed by atoms with Gasteiger partial charge in [0.15, 0.2) is 5.65 Å². The Morgan fingerprint density at radius 1 is 0.895 bits per heavy atom. The Morgan fingerprint density at radius 2 is 1.61 bits per heavy atom. The number of nitrogens with one attached hydrogen (secondary N) is 3. The van der Waals surface area contributed by atoms with Crippen LogP contribution in [0.3, 0.4) is 0 Å². The predicted octanol–water partition coefficient (Wildman–Crippen LogP) is 1.97. The second kappa shape index (κ2) is 20.9. The highest BCUT2D eigenvalue weighted by atomic mass is 16.6. The van der Waals surface area contributed by atoms with Gasteiger partial charge in [-0.1, -0.05) is 18.2 Å². The van der Waals surface area contributed by atoms with Gasteiger partial charge in [0.25, 0.3) is 5.91 Å². The van der Waals surface area contributed by atoms with Gasteiger partial charge in [-0.15, -0.1) is 0 Å². The molecule has 5 heterocycles. The maximum absolute atomic E-state index is 13.0. The molecule has 0 radical (unpaired) electrons. The molecule has 2 amide bonds. The molecular formula is C39H49N11O7. The first-order valence-electron chi connectivity index (χ1n) is 18.8. The number of carbonyl (C=O) groups excluding carboxylic acids is 2. The molecule has 4 aromatic heterocycles. The van der Waals surface area contributed by atoms with Gasteiger partial charge in [0, 0.05) is 55.4 Å². The summed E-state index contributed by atoms with van der Waals surface area (Å²) >= 11 is 0. The normalized spacial score (nSPS) is 13.0. The molecule has 0 unspecified atom stereocenters. The molecule has 1 aliphatic heterocycles. The Labute approximate surface area is 329 Å². The molecule has 1 aromatic carbocycles. The van der Waals surface area contributed by atoms with Crippen molar-refractivity contribution in [3.63, 3.8) is 0 Å². The van der Waals surface area contributed by atoms with Gasteiger partial charge >= 0.3 is 0 Å². The first-order chi connectivity index (χ1) is 27.9. The number of benzene rings is 1. The van der Waals surface area contributed by atoms with Crippen molar-refractivity contribution in [2.45, 2.75) is 25.9 Å². The molecule has 18 nitrogen and oxygen atoms in total. The number of amides is 2. The van der Waals surface area contributed by atoms with Crippen molar-refractivity contribution < 1.29 is 33.3 Å². The summed E-state index contributed by atoms with van der Waals surface area (Å²) in [5.74, 6) is 0.0167. The number of hydrogen-bond donors (Lipinski definition) is 5. The van der Waals surface area contributed by atoms with E-state index in [1.807, 2.05) is 27.9 Å². The van der Waals surface area contributed by atoms with E-state index in [9.17, 15) is 9.59 Å². The van der Waals surface area contributed by atoms with Gasteiger partial charge in [0.05, 0.1) is 90.0 Å². The summed E-state index contributed by atoms with van der Waals surface area (Å²) in [4.78, 5) is 42.9. The van der Waals surface area contributed by atoms with Crippen molar-refractivity contribution in [1.29, 1.82) is 5.41 Å². The number of ether oxygens (including phenoxy) is 5. The van der Waals surface area contributed by atoms with Crippen LogP contribution in [0.1, 0.15) is 23.1 Å². The molecule has 7 N–H and O–H groups in total. The summed E-state index contributed by atoms with van der Waals surface area (Å²) in [5, 5.41) is 16.3. The highest BCUT2D eigenvalue weighted by Gasteiger charge is 2.22. The van der Waals surface area contributed by atoms with E-state index in [0.717, 1.165) is 46.6 Å². The monoisotopic (exact) mass is 783 g/mol. The standard InChI is InChI=1S/C39H49N11O7/c40-21-32(22-41)39(52)44-7-10-54-12-14-56-16-18-57-17-15-55-13-11-53-9-5-33(51)49-8-4-28-19-27(1-2-30(28)25-49)24-50-38-34(36(42)46-26-47-38)35(48-50)31-20-29-3-6-43-37(29)45-23-31/h1-3,6,19-23,26,40H,4-5,7-18,24-25,41H2,(H,43,45)(H,44,52)(H2,42,46,47)/b32-22+,40-21?. The number of H-pyrrole nitrogens is 1. The Kier molecular flexibility index (Phi) is 15.0. The number of nitrogen functional groups attached to an aromatic ring is 1. The molecule has 5 aromatic rings. The maximum atomic E-state index is 13.0. The molecular weight excluding hydrogens is 734 g/mol. The lowest BCUT2D eigenvalue weighted by Crippen LogP contribution is -2.36. The summed E-state index contributed by atoms with van der Waals surface area (Å²) in [6.45, 7) is 5.97. The Morgan fingerprint density at radius 3 is 2.33 bits per heavy atom. The highest BCUT2D eigenvalue weighted by Crippen LogP contribution is 2.32. The van der Waals surface area contributed by atoms with E-state index >= 15 is 0 Å². The Balaban J connectivity index is 0.823. The van der Waals surface area contributed by atoms with E-state index in [4.69, 9.17) is 45.7 Å². The average Bonchev–Trinajstić information content (AvgIpc) is 3.85. The lowest BCUT2D eigenvalue weighted by atomic mass is 9.97. The Bertz CT molecular complexity index is 2150. The van der Waals surface area contributed by atoms with E-state index in [1.54, 1.807) is 6.20 Å². The third-order valence-corrected chi connectivity index (χ3v) is 9.28. The first kappa shape index (κ1) is 40.9. The number of nitrogens with zero attached hydrogens (tertiary/aromatic N) is 6.